The van der Waals surface area contributed by atoms with Crippen molar-refractivity contribution in [3.05, 3.63) is 102 Å². The summed E-state index contributed by atoms with van der Waals surface area (Å²) >= 11 is 1.45. The maximum Gasteiger partial charge on any atom is 0.177 e. The second-order valence-corrected chi connectivity index (χ2v) is 10.2. The van der Waals surface area contributed by atoms with Crippen LogP contribution in [0.25, 0.3) is 6.08 Å². The van der Waals surface area contributed by atoms with Crippen LogP contribution in [0.3, 0.4) is 0 Å². The van der Waals surface area contributed by atoms with Crippen molar-refractivity contribution in [2.75, 3.05) is 13.2 Å². The van der Waals surface area contributed by atoms with E-state index in [9.17, 15) is 13.9 Å². The number of nitriles is 1. The Morgan fingerprint density at radius 2 is 2.00 bits per heavy atom. The molecule has 2 aromatic carbocycles. The van der Waals surface area contributed by atoms with E-state index in [0.717, 1.165) is 0 Å². The molecule has 1 fully saturated rings. The zero-order valence-corrected chi connectivity index (χ0v) is 20.9. The molecule has 3 aromatic rings. The molecule has 7 nitrogen and oxygen atoms in total. The number of ether oxygens (including phenoxy) is 2. The van der Waals surface area contributed by atoms with Gasteiger partial charge in [0.25, 0.3) is 0 Å². The van der Waals surface area contributed by atoms with Crippen molar-refractivity contribution < 1.29 is 23.4 Å². The first-order valence-corrected chi connectivity index (χ1v) is 12.6. The van der Waals surface area contributed by atoms with Gasteiger partial charge in [0.15, 0.2) is 6.29 Å². The Hall–Kier alpha value is -3.36. The molecule has 2 unspecified atom stereocenters. The third kappa shape index (κ3) is 6.70. The molecule has 2 atom stereocenters. The first-order chi connectivity index (χ1) is 17.9. The normalized spacial score (nSPS) is 20.6. The summed E-state index contributed by atoms with van der Waals surface area (Å²) in [4.78, 5) is 3.92. The number of hydrogen-bond acceptors (Lipinski definition) is 7. The number of aromatic nitrogens is 3. The highest BCUT2D eigenvalue weighted by Gasteiger charge is 2.41. The molecule has 37 heavy (non-hydrogen) atoms. The fourth-order valence-electron chi connectivity index (χ4n) is 3.94. The van der Waals surface area contributed by atoms with E-state index in [2.05, 4.69) is 10.1 Å². The highest BCUT2D eigenvalue weighted by atomic mass is 32.2. The van der Waals surface area contributed by atoms with E-state index in [1.807, 2.05) is 13.0 Å². The number of aliphatic hydroxyl groups is 1. The molecular weight excluding hydrogens is 498 g/mol. The zero-order valence-electron chi connectivity index (χ0n) is 20.1. The van der Waals surface area contributed by atoms with Crippen LogP contribution in [0.2, 0.25) is 0 Å². The van der Waals surface area contributed by atoms with E-state index in [1.54, 1.807) is 54.6 Å². The number of benzene rings is 2. The summed E-state index contributed by atoms with van der Waals surface area (Å²) in [5, 5.41) is 24.1. The first-order valence-electron chi connectivity index (χ1n) is 11.6. The smallest absolute Gasteiger partial charge is 0.177 e. The van der Waals surface area contributed by atoms with Gasteiger partial charge in [0.2, 0.25) is 0 Å². The van der Waals surface area contributed by atoms with Crippen LogP contribution in [-0.2, 0) is 21.6 Å². The molecule has 1 aromatic heterocycles. The molecule has 0 bridgehead atoms. The van der Waals surface area contributed by atoms with Gasteiger partial charge in [0.05, 0.1) is 36.6 Å². The van der Waals surface area contributed by atoms with Crippen LogP contribution in [-0.4, -0.2) is 49.9 Å². The zero-order chi connectivity index (χ0) is 26.3. The van der Waals surface area contributed by atoms with Crippen LogP contribution in [0.4, 0.5) is 8.78 Å². The van der Waals surface area contributed by atoms with Crippen molar-refractivity contribution in [1.82, 2.24) is 14.8 Å². The van der Waals surface area contributed by atoms with E-state index in [0.29, 0.717) is 18.8 Å². The quantitative estimate of drug-likeness (QED) is 0.414. The maximum absolute atomic E-state index is 14.7. The Kier molecular flexibility index (Phi) is 8.84. The van der Waals surface area contributed by atoms with Crippen LogP contribution in [0.1, 0.15) is 23.6 Å². The summed E-state index contributed by atoms with van der Waals surface area (Å²) < 4.78 is 41.7. The standard InChI is InChI=1S/C27H26F2N4O3S/c1-19(27(34,16-33-18-31-17-32-33)23-7-3-4-8-24(23)28)37-22-14-35-26(36-15-22)9-5-2-6-21-11-10-20(13-30)12-25(21)29/h2-12,17-19,22,26,34H,14-16H2,1H3/b6-2+,9-5+. The minimum atomic E-state index is -1.55. The molecule has 0 amide bonds. The Morgan fingerprint density at radius 3 is 2.68 bits per heavy atom. The molecule has 0 saturated carbocycles. The van der Waals surface area contributed by atoms with Crippen molar-refractivity contribution >= 4 is 17.8 Å². The van der Waals surface area contributed by atoms with Gasteiger partial charge in [-0.2, -0.15) is 10.4 Å². The van der Waals surface area contributed by atoms with Crippen molar-refractivity contribution in [3.63, 3.8) is 0 Å². The Morgan fingerprint density at radius 1 is 1.22 bits per heavy atom. The van der Waals surface area contributed by atoms with E-state index in [1.165, 1.54) is 41.2 Å². The van der Waals surface area contributed by atoms with Gasteiger partial charge in [-0.05, 0) is 24.3 Å². The minimum absolute atomic E-state index is 0.0358. The molecule has 2 heterocycles. The highest BCUT2D eigenvalue weighted by molar-refractivity contribution is 8.00. The SMILES string of the molecule is CC(SC1COC(/C=C/C=C/c2ccc(C#N)cc2F)OC1)C(O)(Cn1cncn1)c1ccccc1F. The van der Waals surface area contributed by atoms with Crippen molar-refractivity contribution in [3.8, 4) is 6.07 Å². The van der Waals surface area contributed by atoms with Crippen molar-refractivity contribution in [2.24, 2.45) is 0 Å². The van der Waals surface area contributed by atoms with E-state index >= 15 is 0 Å². The van der Waals surface area contributed by atoms with Gasteiger partial charge in [0.1, 0.15) is 29.9 Å². The van der Waals surface area contributed by atoms with Crippen molar-refractivity contribution in [2.45, 2.75) is 35.9 Å². The summed E-state index contributed by atoms with van der Waals surface area (Å²) in [6.45, 7) is 2.62. The van der Waals surface area contributed by atoms with Crippen LogP contribution >= 0.6 is 11.8 Å². The minimum Gasteiger partial charge on any atom is -0.382 e. The Bertz CT molecular complexity index is 1290. The van der Waals surface area contributed by atoms with Gasteiger partial charge in [-0.15, -0.1) is 11.8 Å². The lowest BCUT2D eigenvalue weighted by molar-refractivity contribution is -0.146. The molecule has 1 aliphatic heterocycles. The van der Waals surface area contributed by atoms with Crippen LogP contribution < -0.4 is 0 Å². The number of nitrogens with zero attached hydrogens (tertiary/aromatic N) is 4. The lowest BCUT2D eigenvalue weighted by Gasteiger charge is -2.37. The van der Waals surface area contributed by atoms with E-state index in [-0.39, 0.29) is 22.9 Å². The summed E-state index contributed by atoms with van der Waals surface area (Å²) in [7, 11) is 0. The van der Waals surface area contributed by atoms with Gasteiger partial charge >= 0.3 is 0 Å². The average Bonchev–Trinajstić information content (AvgIpc) is 3.41. The number of hydrogen-bond donors (Lipinski definition) is 1. The van der Waals surface area contributed by atoms with Crippen molar-refractivity contribution in [1.29, 1.82) is 5.26 Å². The molecule has 1 saturated heterocycles. The Labute approximate surface area is 218 Å². The predicted molar refractivity (Wildman–Crippen MR) is 136 cm³/mol. The van der Waals surface area contributed by atoms with Gasteiger partial charge in [-0.1, -0.05) is 49.4 Å². The molecule has 0 aliphatic carbocycles. The van der Waals surface area contributed by atoms with Crippen LogP contribution in [0.5, 0.6) is 0 Å². The van der Waals surface area contributed by atoms with Gasteiger partial charge in [-0.3, -0.25) is 0 Å². The maximum atomic E-state index is 14.7. The number of thioether (sulfide) groups is 1. The monoisotopic (exact) mass is 524 g/mol. The van der Waals surface area contributed by atoms with Gasteiger partial charge in [-0.25, -0.2) is 18.4 Å². The fourth-order valence-corrected chi connectivity index (χ4v) is 5.26. The summed E-state index contributed by atoms with van der Waals surface area (Å²) in [5.74, 6) is -0.963. The average molecular weight is 525 g/mol. The molecular formula is C27H26F2N4O3S. The van der Waals surface area contributed by atoms with Crippen LogP contribution in [0.15, 0.2) is 73.3 Å². The van der Waals surface area contributed by atoms with Gasteiger partial charge < -0.3 is 14.6 Å². The first kappa shape index (κ1) is 26.7. The number of halogens is 2. The third-order valence-electron chi connectivity index (χ3n) is 5.96. The second kappa shape index (κ2) is 12.3. The Balaban J connectivity index is 1.34. The van der Waals surface area contributed by atoms with Gasteiger partial charge in [0, 0.05) is 16.4 Å². The number of allylic oxidation sites excluding steroid dienone is 2. The van der Waals surface area contributed by atoms with E-state index < -0.39 is 28.8 Å². The third-order valence-corrected chi connectivity index (χ3v) is 7.41. The lowest BCUT2D eigenvalue weighted by Crippen LogP contribution is -2.43. The molecule has 1 aliphatic rings. The number of rotatable bonds is 9. The summed E-state index contributed by atoms with van der Waals surface area (Å²) in [5.41, 5.74) is -0.727. The molecule has 4 rings (SSSR count). The molecule has 0 spiro atoms. The van der Waals surface area contributed by atoms with Crippen LogP contribution in [0, 0.1) is 23.0 Å². The molecule has 192 valence electrons. The van der Waals surface area contributed by atoms with E-state index in [4.69, 9.17) is 14.7 Å². The topological polar surface area (TPSA) is 93.2 Å². The second-order valence-electron chi connectivity index (χ2n) is 8.52. The molecule has 10 heteroatoms. The fraction of sp³-hybridized carbons (Fsp3) is 0.296. The lowest BCUT2D eigenvalue weighted by atomic mass is 9.90. The molecule has 1 N–H and O–H groups in total. The summed E-state index contributed by atoms with van der Waals surface area (Å²) in [6, 6.07) is 12.4. The highest BCUT2D eigenvalue weighted by Crippen LogP contribution is 2.38. The summed E-state index contributed by atoms with van der Waals surface area (Å²) in [6.07, 6.45) is 8.95. The largest absolute Gasteiger partial charge is 0.382 e. The molecule has 0 radical (unpaired) electrons. The predicted octanol–water partition coefficient (Wildman–Crippen LogP) is 4.45.